The quantitative estimate of drug-likeness (QED) is 0.387. The van der Waals surface area contributed by atoms with Gasteiger partial charge in [0.25, 0.3) is 0 Å². The van der Waals surface area contributed by atoms with E-state index in [9.17, 15) is 4.79 Å². The van der Waals surface area contributed by atoms with Crippen LogP contribution in [0.15, 0.2) is 47.1 Å². The van der Waals surface area contributed by atoms with E-state index in [4.69, 9.17) is 9.84 Å². The molecule has 1 N–H and O–H groups in total. The summed E-state index contributed by atoms with van der Waals surface area (Å²) in [5.74, 6) is 1.93. The SMILES string of the molecule is CCOC(=O)C1CSC(c2ccc(Br)cc2C)c2c(-c3ccccn3)nn(CC3CCC3)c2N1. The number of pyridine rings is 1. The number of halogens is 1. The van der Waals surface area contributed by atoms with Crippen molar-refractivity contribution in [3.8, 4) is 11.4 Å². The number of ether oxygens (including phenoxy) is 1. The molecule has 0 radical (unpaired) electrons. The Bertz CT molecular complexity index is 1180. The third-order valence-electron chi connectivity index (χ3n) is 6.64. The van der Waals surface area contributed by atoms with Crippen molar-refractivity contribution in [1.29, 1.82) is 0 Å². The number of rotatable bonds is 6. The van der Waals surface area contributed by atoms with Crippen molar-refractivity contribution in [2.45, 2.75) is 50.9 Å². The molecule has 5 rings (SSSR count). The molecule has 3 heterocycles. The molecule has 1 saturated carbocycles. The van der Waals surface area contributed by atoms with Gasteiger partial charge in [-0.1, -0.05) is 34.5 Å². The molecule has 1 aromatic carbocycles. The van der Waals surface area contributed by atoms with Gasteiger partial charge in [-0.15, -0.1) is 11.8 Å². The zero-order valence-electron chi connectivity index (χ0n) is 19.5. The Morgan fingerprint density at radius 3 is 2.82 bits per heavy atom. The first-order chi connectivity index (χ1) is 16.5. The van der Waals surface area contributed by atoms with E-state index in [1.54, 1.807) is 11.8 Å². The van der Waals surface area contributed by atoms with E-state index in [1.807, 2.05) is 31.3 Å². The van der Waals surface area contributed by atoms with Crippen LogP contribution in [0.25, 0.3) is 11.4 Å². The van der Waals surface area contributed by atoms with E-state index >= 15 is 0 Å². The molecule has 2 aliphatic rings. The van der Waals surface area contributed by atoms with Crippen LogP contribution in [-0.4, -0.2) is 39.1 Å². The number of nitrogens with zero attached hydrogens (tertiary/aromatic N) is 3. The molecule has 178 valence electrons. The van der Waals surface area contributed by atoms with Crippen LogP contribution in [0.4, 0.5) is 5.82 Å². The summed E-state index contributed by atoms with van der Waals surface area (Å²) >= 11 is 5.37. The van der Waals surface area contributed by atoms with Crippen LogP contribution in [0.5, 0.6) is 0 Å². The van der Waals surface area contributed by atoms with Gasteiger partial charge in [0, 0.05) is 28.5 Å². The Morgan fingerprint density at radius 1 is 1.29 bits per heavy atom. The van der Waals surface area contributed by atoms with Crippen molar-refractivity contribution in [1.82, 2.24) is 14.8 Å². The van der Waals surface area contributed by atoms with Gasteiger partial charge in [-0.3, -0.25) is 4.98 Å². The number of hydrogen-bond acceptors (Lipinski definition) is 6. The van der Waals surface area contributed by atoms with Crippen molar-refractivity contribution in [3.05, 3.63) is 63.8 Å². The number of benzene rings is 1. The Kier molecular flexibility index (Phi) is 6.97. The Labute approximate surface area is 213 Å². The number of aromatic nitrogens is 3. The number of hydrogen-bond donors (Lipinski definition) is 1. The van der Waals surface area contributed by atoms with Crippen LogP contribution >= 0.6 is 27.7 Å². The van der Waals surface area contributed by atoms with Gasteiger partial charge in [0.1, 0.15) is 17.6 Å². The van der Waals surface area contributed by atoms with Crippen LogP contribution in [0, 0.1) is 12.8 Å². The third-order valence-corrected chi connectivity index (χ3v) is 8.48. The lowest BCUT2D eigenvalue weighted by atomic mass is 9.85. The standard InChI is InChI=1S/C26H29BrN4O2S/c1-3-33-26(32)21-15-34-24(19-11-10-18(27)13-16(19)2)22-23(20-9-4-5-12-28-20)30-31(25(22)29-21)14-17-7-6-8-17/h4-5,9-13,17,21,24,29H,3,6-8,14-15H2,1-2H3. The summed E-state index contributed by atoms with van der Waals surface area (Å²) in [5.41, 5.74) is 5.25. The number of aryl methyl sites for hydroxylation is 1. The zero-order valence-corrected chi connectivity index (χ0v) is 21.9. The molecular weight excluding hydrogens is 512 g/mol. The highest BCUT2D eigenvalue weighted by Crippen LogP contribution is 2.48. The number of esters is 1. The summed E-state index contributed by atoms with van der Waals surface area (Å²) in [4.78, 5) is 17.5. The third kappa shape index (κ3) is 4.62. The molecule has 0 spiro atoms. The Hall–Kier alpha value is -2.32. The maximum atomic E-state index is 12.8. The summed E-state index contributed by atoms with van der Waals surface area (Å²) in [7, 11) is 0. The molecule has 0 amide bonds. The number of carbonyl (C=O) groups excluding carboxylic acids is 1. The average Bonchev–Trinajstić information content (AvgIpc) is 3.03. The lowest BCUT2D eigenvalue weighted by Gasteiger charge is -2.26. The second-order valence-electron chi connectivity index (χ2n) is 8.97. The molecule has 0 bridgehead atoms. The van der Waals surface area contributed by atoms with Crippen LogP contribution in [0.1, 0.15) is 48.1 Å². The number of anilines is 1. The lowest BCUT2D eigenvalue weighted by molar-refractivity contribution is -0.143. The molecule has 1 aliphatic heterocycles. The predicted molar refractivity (Wildman–Crippen MR) is 140 cm³/mol. The minimum Gasteiger partial charge on any atom is -0.464 e. The lowest BCUT2D eigenvalue weighted by Crippen LogP contribution is -2.34. The summed E-state index contributed by atoms with van der Waals surface area (Å²) in [6, 6.07) is 11.9. The predicted octanol–water partition coefficient (Wildman–Crippen LogP) is 6.00. The summed E-state index contributed by atoms with van der Waals surface area (Å²) in [6.45, 7) is 5.20. The van der Waals surface area contributed by atoms with Crippen molar-refractivity contribution in [2.75, 3.05) is 17.7 Å². The first-order valence-corrected chi connectivity index (χ1v) is 13.7. The number of carbonyl (C=O) groups is 1. The van der Waals surface area contributed by atoms with E-state index in [2.05, 4.69) is 56.0 Å². The van der Waals surface area contributed by atoms with Crippen molar-refractivity contribution in [2.24, 2.45) is 5.92 Å². The first-order valence-electron chi connectivity index (χ1n) is 11.9. The smallest absolute Gasteiger partial charge is 0.329 e. The fraction of sp³-hybridized carbons (Fsp3) is 0.423. The van der Waals surface area contributed by atoms with Gasteiger partial charge in [0.05, 0.1) is 17.6 Å². The van der Waals surface area contributed by atoms with Crippen LogP contribution in [0.3, 0.4) is 0 Å². The molecule has 2 unspecified atom stereocenters. The van der Waals surface area contributed by atoms with Gasteiger partial charge < -0.3 is 10.1 Å². The van der Waals surface area contributed by atoms with Gasteiger partial charge in [-0.05, 0) is 68.0 Å². The topological polar surface area (TPSA) is 69.0 Å². The van der Waals surface area contributed by atoms with Gasteiger partial charge in [0.15, 0.2) is 0 Å². The van der Waals surface area contributed by atoms with E-state index in [0.29, 0.717) is 18.3 Å². The Morgan fingerprint density at radius 2 is 2.15 bits per heavy atom. The zero-order chi connectivity index (χ0) is 23.7. The molecule has 8 heteroatoms. The van der Waals surface area contributed by atoms with Crippen LogP contribution in [0.2, 0.25) is 0 Å². The second-order valence-corrected chi connectivity index (χ2v) is 11.0. The largest absolute Gasteiger partial charge is 0.464 e. The maximum absolute atomic E-state index is 12.8. The molecule has 3 aromatic rings. The normalized spacial score (nSPS) is 20.1. The van der Waals surface area contributed by atoms with Crippen LogP contribution in [-0.2, 0) is 16.1 Å². The highest BCUT2D eigenvalue weighted by Gasteiger charge is 2.36. The molecule has 6 nitrogen and oxygen atoms in total. The van der Waals surface area contributed by atoms with E-state index < -0.39 is 6.04 Å². The van der Waals surface area contributed by atoms with Crippen molar-refractivity contribution < 1.29 is 9.53 Å². The van der Waals surface area contributed by atoms with Gasteiger partial charge in [-0.2, -0.15) is 5.10 Å². The van der Waals surface area contributed by atoms with Crippen molar-refractivity contribution >= 4 is 39.5 Å². The average molecular weight is 542 g/mol. The summed E-state index contributed by atoms with van der Waals surface area (Å²) in [6.07, 6.45) is 5.53. The minimum absolute atomic E-state index is 0.0159. The summed E-state index contributed by atoms with van der Waals surface area (Å²) in [5, 5.41) is 8.68. The number of fused-ring (bicyclic) bond motifs is 1. The van der Waals surface area contributed by atoms with Gasteiger partial charge in [0.2, 0.25) is 0 Å². The fourth-order valence-corrected chi connectivity index (χ4v) is 6.57. The molecule has 2 aromatic heterocycles. The molecular formula is C26H29BrN4O2S. The highest BCUT2D eigenvalue weighted by atomic mass is 79.9. The second kappa shape index (κ2) is 10.1. The monoisotopic (exact) mass is 540 g/mol. The molecule has 2 atom stereocenters. The minimum atomic E-state index is -0.433. The molecule has 0 saturated heterocycles. The number of nitrogens with one attached hydrogen (secondary N) is 1. The molecule has 34 heavy (non-hydrogen) atoms. The van der Waals surface area contributed by atoms with E-state index in [1.165, 1.54) is 30.4 Å². The maximum Gasteiger partial charge on any atom is 0.329 e. The van der Waals surface area contributed by atoms with E-state index in [0.717, 1.165) is 33.8 Å². The van der Waals surface area contributed by atoms with Crippen LogP contribution < -0.4 is 5.32 Å². The fourth-order valence-electron chi connectivity index (χ4n) is 4.65. The van der Waals surface area contributed by atoms with Crippen molar-refractivity contribution in [3.63, 3.8) is 0 Å². The molecule has 1 aliphatic carbocycles. The first kappa shape index (κ1) is 23.4. The highest BCUT2D eigenvalue weighted by molar-refractivity contribution is 9.10. The number of thioether (sulfide) groups is 1. The summed E-state index contributed by atoms with van der Waals surface area (Å²) < 4.78 is 8.56. The van der Waals surface area contributed by atoms with E-state index in [-0.39, 0.29) is 11.2 Å². The Balaban J connectivity index is 1.68. The molecule has 1 fully saturated rings. The van der Waals surface area contributed by atoms with Gasteiger partial charge in [-0.25, -0.2) is 9.48 Å². The van der Waals surface area contributed by atoms with Gasteiger partial charge >= 0.3 is 5.97 Å².